The predicted octanol–water partition coefficient (Wildman–Crippen LogP) is 0.731. The molecule has 1 aromatic rings. The fourth-order valence-corrected chi connectivity index (χ4v) is 4.30. The molecule has 0 radical (unpaired) electrons. The minimum absolute atomic E-state index is 0.183. The van der Waals surface area contributed by atoms with Crippen LogP contribution in [0.25, 0.3) is 0 Å². The number of amides is 2. The molecule has 6 nitrogen and oxygen atoms in total. The fraction of sp³-hybridized carbons (Fsp3) is 0.500. The average Bonchev–Trinajstić information content (AvgIpc) is 2.75. The Morgan fingerprint density at radius 2 is 2.15 bits per heavy atom. The van der Waals surface area contributed by atoms with E-state index in [0.29, 0.717) is 10.8 Å². The summed E-state index contributed by atoms with van der Waals surface area (Å²) in [5.74, 6) is 0.105. The monoisotopic (exact) mass is 314 g/mol. The van der Waals surface area contributed by atoms with E-state index >= 15 is 0 Å². The van der Waals surface area contributed by atoms with Gasteiger partial charge in [-0.1, -0.05) is 6.92 Å². The largest absolute Gasteiger partial charge is 0.397 e. The summed E-state index contributed by atoms with van der Waals surface area (Å²) in [5, 5.41) is 3.78. The van der Waals surface area contributed by atoms with E-state index < -0.39 is 5.91 Å². The molecule has 2 heterocycles. The maximum atomic E-state index is 12.0. The predicted molar refractivity (Wildman–Crippen MR) is 84.8 cm³/mol. The van der Waals surface area contributed by atoms with Crippen LogP contribution < -0.4 is 21.7 Å². The lowest BCUT2D eigenvalue weighted by Crippen LogP contribution is -2.37. The second kappa shape index (κ2) is 5.92. The van der Waals surface area contributed by atoms with Gasteiger partial charge in [0, 0.05) is 31.1 Å². The first-order chi connectivity index (χ1) is 9.45. The number of anilines is 2. The molecule has 110 valence electrons. The van der Waals surface area contributed by atoms with Gasteiger partial charge < -0.3 is 21.7 Å². The number of nitrogen functional groups attached to an aromatic ring is 1. The van der Waals surface area contributed by atoms with Gasteiger partial charge in [-0.3, -0.25) is 9.59 Å². The number of hydrogen-bond acceptors (Lipinski definition) is 6. The Labute approximate surface area is 125 Å². The Balaban J connectivity index is 2.47. The lowest BCUT2D eigenvalue weighted by atomic mass is 10.2. The van der Waals surface area contributed by atoms with Crippen molar-refractivity contribution in [2.24, 2.45) is 5.73 Å². The number of thioether (sulfide) groups is 1. The van der Waals surface area contributed by atoms with Crippen LogP contribution >= 0.6 is 23.1 Å². The van der Waals surface area contributed by atoms with Gasteiger partial charge >= 0.3 is 0 Å². The molecule has 20 heavy (non-hydrogen) atoms. The highest BCUT2D eigenvalue weighted by atomic mass is 32.2. The quantitative estimate of drug-likeness (QED) is 0.763. The number of primary amides is 1. The number of nitrogens with one attached hydrogen (secondary N) is 1. The third-order valence-electron chi connectivity index (χ3n) is 3.13. The molecule has 1 aliphatic rings. The van der Waals surface area contributed by atoms with Gasteiger partial charge in [-0.2, -0.15) is 11.8 Å². The number of nitrogens with two attached hydrogens (primary N) is 2. The van der Waals surface area contributed by atoms with Crippen LogP contribution in [0.1, 0.15) is 27.0 Å². The molecule has 0 bridgehead atoms. The van der Waals surface area contributed by atoms with Crippen LogP contribution in [0.3, 0.4) is 0 Å². The van der Waals surface area contributed by atoms with Crippen molar-refractivity contribution in [3.63, 3.8) is 0 Å². The number of carbonyl (C=O) groups excluding carboxylic acids is 2. The SMILES string of the molecule is CNC(=O)c1c(N2CCSC(C)C2)sc(C(N)=O)c1N. The molecule has 5 N–H and O–H groups in total. The average molecular weight is 314 g/mol. The maximum Gasteiger partial charge on any atom is 0.260 e. The van der Waals surface area contributed by atoms with Crippen molar-refractivity contribution in [3.05, 3.63) is 10.4 Å². The first-order valence-electron chi connectivity index (χ1n) is 6.26. The fourth-order valence-electron chi connectivity index (χ4n) is 2.18. The van der Waals surface area contributed by atoms with Gasteiger partial charge in [0.1, 0.15) is 9.88 Å². The summed E-state index contributed by atoms with van der Waals surface area (Å²) in [6, 6.07) is 0. The second-order valence-electron chi connectivity index (χ2n) is 4.60. The van der Waals surface area contributed by atoms with Gasteiger partial charge in [-0.25, -0.2) is 0 Å². The zero-order valence-corrected chi connectivity index (χ0v) is 13.1. The Bertz CT molecular complexity index is 544. The van der Waals surface area contributed by atoms with Crippen molar-refractivity contribution in [3.8, 4) is 0 Å². The Morgan fingerprint density at radius 3 is 2.70 bits per heavy atom. The molecule has 1 unspecified atom stereocenters. The van der Waals surface area contributed by atoms with Crippen molar-refractivity contribution < 1.29 is 9.59 Å². The van der Waals surface area contributed by atoms with Crippen LogP contribution in [0, 0.1) is 0 Å². The number of hydrogen-bond donors (Lipinski definition) is 3. The zero-order chi connectivity index (χ0) is 14.9. The lowest BCUT2D eigenvalue weighted by Gasteiger charge is -2.31. The normalized spacial score (nSPS) is 18.9. The van der Waals surface area contributed by atoms with Gasteiger partial charge in [-0.15, -0.1) is 11.3 Å². The van der Waals surface area contributed by atoms with E-state index in [-0.39, 0.29) is 16.5 Å². The molecular formula is C12H18N4O2S2. The van der Waals surface area contributed by atoms with E-state index in [2.05, 4.69) is 17.1 Å². The lowest BCUT2D eigenvalue weighted by molar-refractivity contribution is 0.0964. The highest BCUT2D eigenvalue weighted by molar-refractivity contribution is 8.00. The van der Waals surface area contributed by atoms with Gasteiger partial charge in [-0.05, 0) is 0 Å². The van der Waals surface area contributed by atoms with Crippen molar-refractivity contribution in [2.45, 2.75) is 12.2 Å². The van der Waals surface area contributed by atoms with Crippen LogP contribution in [-0.4, -0.2) is 43.0 Å². The summed E-state index contributed by atoms with van der Waals surface area (Å²) in [7, 11) is 1.54. The molecule has 0 aromatic carbocycles. The van der Waals surface area contributed by atoms with Crippen LogP contribution in [0.2, 0.25) is 0 Å². The molecule has 1 fully saturated rings. The van der Waals surface area contributed by atoms with E-state index in [4.69, 9.17) is 11.5 Å². The van der Waals surface area contributed by atoms with Gasteiger partial charge in [0.25, 0.3) is 11.8 Å². The molecule has 1 saturated heterocycles. The molecule has 1 aromatic heterocycles. The summed E-state index contributed by atoms with van der Waals surface area (Å²) in [5.41, 5.74) is 11.8. The Kier molecular flexibility index (Phi) is 4.44. The third kappa shape index (κ3) is 2.71. The molecule has 8 heteroatoms. The number of carbonyl (C=O) groups is 2. The second-order valence-corrected chi connectivity index (χ2v) is 7.14. The number of thiophene rings is 1. The van der Waals surface area contributed by atoms with Crippen LogP contribution in [0.15, 0.2) is 0 Å². The van der Waals surface area contributed by atoms with Crippen molar-refractivity contribution in [1.29, 1.82) is 0 Å². The standard InChI is InChI=1S/C12H18N4O2S2/c1-6-5-16(3-4-19-6)12-7(11(18)15-2)8(13)9(20-12)10(14)17/h6H,3-5,13H2,1-2H3,(H2,14,17)(H,15,18). The van der Waals surface area contributed by atoms with Crippen molar-refractivity contribution in [2.75, 3.05) is 36.5 Å². The number of rotatable bonds is 3. The summed E-state index contributed by atoms with van der Waals surface area (Å²) in [6.07, 6.45) is 0. The summed E-state index contributed by atoms with van der Waals surface area (Å²) >= 11 is 3.10. The van der Waals surface area contributed by atoms with E-state index in [0.717, 1.165) is 23.8 Å². The smallest absolute Gasteiger partial charge is 0.260 e. The van der Waals surface area contributed by atoms with E-state index in [1.165, 1.54) is 11.3 Å². The van der Waals surface area contributed by atoms with E-state index in [1.54, 1.807) is 7.05 Å². The Morgan fingerprint density at radius 1 is 1.45 bits per heavy atom. The summed E-state index contributed by atoms with van der Waals surface area (Å²) < 4.78 is 0. The van der Waals surface area contributed by atoms with Gasteiger partial charge in [0.2, 0.25) is 0 Å². The first-order valence-corrected chi connectivity index (χ1v) is 8.13. The van der Waals surface area contributed by atoms with Gasteiger partial charge in [0.05, 0.1) is 11.3 Å². The molecule has 1 aliphatic heterocycles. The molecule has 0 saturated carbocycles. The number of nitrogens with zero attached hydrogens (tertiary/aromatic N) is 1. The van der Waals surface area contributed by atoms with E-state index in [1.807, 2.05) is 11.8 Å². The molecule has 2 rings (SSSR count). The van der Waals surface area contributed by atoms with E-state index in [9.17, 15) is 9.59 Å². The first kappa shape index (κ1) is 15.0. The van der Waals surface area contributed by atoms with Gasteiger partial charge in [0.15, 0.2) is 0 Å². The minimum atomic E-state index is -0.594. The highest BCUT2D eigenvalue weighted by Crippen LogP contribution is 2.39. The topological polar surface area (TPSA) is 101 Å². The summed E-state index contributed by atoms with van der Waals surface area (Å²) in [6.45, 7) is 3.80. The molecule has 0 spiro atoms. The Hall–Kier alpha value is -1.41. The molecule has 0 aliphatic carbocycles. The van der Waals surface area contributed by atoms with Crippen LogP contribution in [-0.2, 0) is 0 Å². The van der Waals surface area contributed by atoms with Crippen LogP contribution in [0.5, 0.6) is 0 Å². The molecule has 1 atom stereocenters. The minimum Gasteiger partial charge on any atom is -0.397 e. The van der Waals surface area contributed by atoms with Crippen LogP contribution in [0.4, 0.5) is 10.7 Å². The molecule has 2 amide bonds. The molecular weight excluding hydrogens is 296 g/mol. The maximum absolute atomic E-state index is 12.0. The highest BCUT2D eigenvalue weighted by Gasteiger charge is 2.29. The third-order valence-corrected chi connectivity index (χ3v) is 5.55. The zero-order valence-electron chi connectivity index (χ0n) is 11.4. The summed E-state index contributed by atoms with van der Waals surface area (Å²) in [4.78, 5) is 25.9. The van der Waals surface area contributed by atoms with Crippen molar-refractivity contribution in [1.82, 2.24) is 5.32 Å². The van der Waals surface area contributed by atoms with Crippen molar-refractivity contribution >= 4 is 45.6 Å².